The minimum absolute atomic E-state index is 0.326. The Morgan fingerprint density at radius 2 is 2.19 bits per heavy atom. The molecule has 2 atom stereocenters. The van der Waals surface area contributed by atoms with Crippen LogP contribution in [0.3, 0.4) is 0 Å². The fourth-order valence-electron chi connectivity index (χ4n) is 1.16. The van der Waals surface area contributed by atoms with Crippen LogP contribution in [-0.4, -0.2) is 25.2 Å². The molecular formula is C11H14FNO3. The molecule has 0 spiro atoms. The van der Waals surface area contributed by atoms with E-state index in [1.165, 1.54) is 25.3 Å². The lowest BCUT2D eigenvalue weighted by Gasteiger charge is -2.19. The third kappa shape index (κ3) is 3.20. The lowest BCUT2D eigenvalue weighted by molar-refractivity contribution is -0.144. The Bertz CT molecular complexity index is 370. The summed E-state index contributed by atoms with van der Waals surface area (Å²) in [6.07, 6.45) is -0.589. The van der Waals surface area contributed by atoms with E-state index in [2.05, 4.69) is 4.74 Å². The van der Waals surface area contributed by atoms with Crippen LogP contribution in [0.4, 0.5) is 4.39 Å². The largest absolute Gasteiger partial charge is 0.488 e. The molecule has 1 aromatic rings. The summed E-state index contributed by atoms with van der Waals surface area (Å²) in [6.45, 7) is 1.62. The summed E-state index contributed by atoms with van der Waals surface area (Å²) >= 11 is 0. The minimum Gasteiger partial charge on any atom is -0.488 e. The van der Waals surface area contributed by atoms with E-state index in [0.29, 0.717) is 5.75 Å². The molecule has 0 saturated heterocycles. The molecule has 88 valence electrons. The highest BCUT2D eigenvalue weighted by Crippen LogP contribution is 2.14. The molecule has 5 heteroatoms. The molecule has 0 heterocycles. The highest BCUT2D eigenvalue weighted by molar-refractivity contribution is 5.76. The summed E-state index contributed by atoms with van der Waals surface area (Å²) in [7, 11) is 1.25. The number of nitrogens with two attached hydrogens (primary N) is 1. The van der Waals surface area contributed by atoms with Crippen molar-refractivity contribution in [2.24, 2.45) is 5.73 Å². The molecule has 0 fully saturated rings. The molecule has 0 aliphatic rings. The van der Waals surface area contributed by atoms with Gasteiger partial charge in [0.15, 0.2) is 0 Å². The molecule has 0 aliphatic carbocycles. The normalized spacial score (nSPS) is 14.0. The van der Waals surface area contributed by atoms with Gasteiger partial charge >= 0.3 is 5.97 Å². The van der Waals surface area contributed by atoms with Crippen molar-refractivity contribution >= 4 is 5.97 Å². The van der Waals surface area contributed by atoms with E-state index in [-0.39, 0.29) is 0 Å². The van der Waals surface area contributed by atoms with Crippen molar-refractivity contribution in [3.05, 3.63) is 30.1 Å². The van der Waals surface area contributed by atoms with Gasteiger partial charge in [-0.15, -0.1) is 0 Å². The number of halogens is 1. The van der Waals surface area contributed by atoms with E-state index >= 15 is 0 Å². The molecule has 0 unspecified atom stereocenters. The maximum absolute atomic E-state index is 12.8. The lowest BCUT2D eigenvalue weighted by atomic mass is 10.2. The van der Waals surface area contributed by atoms with Crippen LogP contribution in [0.1, 0.15) is 6.92 Å². The number of rotatable bonds is 4. The number of esters is 1. The zero-order valence-corrected chi connectivity index (χ0v) is 9.14. The van der Waals surface area contributed by atoms with Crippen molar-refractivity contribution in [2.75, 3.05) is 7.11 Å². The number of benzene rings is 1. The van der Waals surface area contributed by atoms with Crippen molar-refractivity contribution in [1.82, 2.24) is 0 Å². The highest BCUT2D eigenvalue weighted by atomic mass is 19.1. The van der Waals surface area contributed by atoms with Crippen LogP contribution >= 0.6 is 0 Å². The van der Waals surface area contributed by atoms with Gasteiger partial charge in [0.1, 0.15) is 23.7 Å². The number of hydrogen-bond acceptors (Lipinski definition) is 4. The predicted octanol–water partition coefficient (Wildman–Crippen LogP) is 1.09. The van der Waals surface area contributed by atoms with Crippen molar-refractivity contribution in [1.29, 1.82) is 0 Å². The zero-order chi connectivity index (χ0) is 12.1. The monoisotopic (exact) mass is 227 g/mol. The standard InChI is InChI=1S/C11H14FNO3/c1-7(10(13)11(14)15-2)16-9-5-3-4-8(12)6-9/h3-7,10H,13H2,1-2H3/t7-,10-/m1/s1. The molecular weight excluding hydrogens is 213 g/mol. The molecule has 0 aromatic heterocycles. The average molecular weight is 227 g/mol. The van der Waals surface area contributed by atoms with Gasteiger partial charge in [-0.2, -0.15) is 0 Å². The molecule has 0 saturated carbocycles. The Kier molecular flexibility index (Phi) is 4.25. The number of hydrogen-bond donors (Lipinski definition) is 1. The summed E-state index contributed by atoms with van der Waals surface area (Å²) in [5.41, 5.74) is 5.56. The second-order valence-corrected chi connectivity index (χ2v) is 3.33. The Morgan fingerprint density at radius 3 is 2.75 bits per heavy atom. The number of ether oxygens (including phenoxy) is 2. The van der Waals surface area contributed by atoms with Gasteiger partial charge in [-0.3, -0.25) is 4.79 Å². The summed E-state index contributed by atoms with van der Waals surface area (Å²) in [5.74, 6) is -0.646. The topological polar surface area (TPSA) is 61.5 Å². The molecule has 0 aliphatic heterocycles. The Morgan fingerprint density at radius 1 is 1.50 bits per heavy atom. The van der Waals surface area contributed by atoms with E-state index in [1.54, 1.807) is 13.0 Å². The second-order valence-electron chi connectivity index (χ2n) is 3.33. The third-order valence-electron chi connectivity index (χ3n) is 2.10. The number of carbonyl (C=O) groups excluding carboxylic acids is 1. The number of carbonyl (C=O) groups is 1. The molecule has 2 N–H and O–H groups in total. The van der Waals surface area contributed by atoms with Crippen LogP contribution in [0.25, 0.3) is 0 Å². The van der Waals surface area contributed by atoms with Crippen LogP contribution in [0.2, 0.25) is 0 Å². The van der Waals surface area contributed by atoms with Crippen molar-refractivity contribution in [2.45, 2.75) is 19.1 Å². The molecule has 16 heavy (non-hydrogen) atoms. The van der Waals surface area contributed by atoms with E-state index in [9.17, 15) is 9.18 Å². The van der Waals surface area contributed by atoms with Gasteiger partial charge in [0.2, 0.25) is 0 Å². The van der Waals surface area contributed by atoms with E-state index in [0.717, 1.165) is 0 Å². The van der Waals surface area contributed by atoms with Crippen LogP contribution in [-0.2, 0) is 9.53 Å². The molecule has 0 bridgehead atoms. The van der Waals surface area contributed by atoms with Gasteiger partial charge in [-0.25, -0.2) is 4.39 Å². The number of methoxy groups -OCH3 is 1. The SMILES string of the molecule is COC(=O)[C@H](N)[C@@H](C)Oc1cccc(F)c1. The second kappa shape index (κ2) is 5.46. The highest BCUT2D eigenvalue weighted by Gasteiger charge is 2.23. The van der Waals surface area contributed by atoms with Crippen molar-refractivity contribution in [3.63, 3.8) is 0 Å². The molecule has 0 radical (unpaired) electrons. The summed E-state index contributed by atoms with van der Waals surface area (Å²) in [5, 5.41) is 0. The van der Waals surface area contributed by atoms with Gasteiger partial charge < -0.3 is 15.2 Å². The van der Waals surface area contributed by atoms with Crippen LogP contribution in [0, 0.1) is 5.82 Å². The Labute approximate surface area is 93.2 Å². The van der Waals surface area contributed by atoms with Crippen molar-refractivity contribution in [3.8, 4) is 5.75 Å². The molecule has 1 rings (SSSR count). The Balaban J connectivity index is 2.64. The summed E-state index contributed by atoms with van der Waals surface area (Å²) in [6, 6.07) is 4.73. The summed E-state index contributed by atoms with van der Waals surface area (Å²) in [4.78, 5) is 11.1. The minimum atomic E-state index is -0.895. The fourth-order valence-corrected chi connectivity index (χ4v) is 1.16. The lowest BCUT2D eigenvalue weighted by Crippen LogP contribution is -2.44. The van der Waals surface area contributed by atoms with E-state index < -0.39 is 23.9 Å². The third-order valence-corrected chi connectivity index (χ3v) is 2.10. The first-order chi connectivity index (χ1) is 7.54. The molecule has 0 amide bonds. The van der Waals surface area contributed by atoms with Crippen LogP contribution < -0.4 is 10.5 Å². The van der Waals surface area contributed by atoms with Gasteiger partial charge in [-0.1, -0.05) is 6.07 Å². The average Bonchev–Trinajstić information content (AvgIpc) is 2.27. The maximum Gasteiger partial charge on any atom is 0.326 e. The fraction of sp³-hybridized carbons (Fsp3) is 0.364. The maximum atomic E-state index is 12.8. The predicted molar refractivity (Wildman–Crippen MR) is 56.5 cm³/mol. The quantitative estimate of drug-likeness (QED) is 0.782. The summed E-state index contributed by atoms with van der Waals surface area (Å²) < 4.78 is 22.6. The van der Waals surface area contributed by atoms with E-state index in [4.69, 9.17) is 10.5 Å². The van der Waals surface area contributed by atoms with Crippen LogP contribution in [0.5, 0.6) is 5.75 Å². The Hall–Kier alpha value is -1.62. The van der Waals surface area contributed by atoms with Gasteiger partial charge in [0.25, 0.3) is 0 Å². The first-order valence-corrected chi connectivity index (χ1v) is 4.80. The smallest absolute Gasteiger partial charge is 0.326 e. The van der Waals surface area contributed by atoms with Gasteiger partial charge in [-0.05, 0) is 19.1 Å². The molecule has 1 aromatic carbocycles. The zero-order valence-electron chi connectivity index (χ0n) is 9.14. The molecule has 4 nitrogen and oxygen atoms in total. The van der Waals surface area contributed by atoms with Gasteiger partial charge in [0.05, 0.1) is 7.11 Å². The first-order valence-electron chi connectivity index (χ1n) is 4.80. The van der Waals surface area contributed by atoms with Crippen LogP contribution in [0.15, 0.2) is 24.3 Å². The van der Waals surface area contributed by atoms with Gasteiger partial charge in [0, 0.05) is 6.07 Å². The van der Waals surface area contributed by atoms with E-state index in [1.807, 2.05) is 0 Å². The first kappa shape index (κ1) is 12.4. The van der Waals surface area contributed by atoms with Crippen molar-refractivity contribution < 1.29 is 18.7 Å².